The predicted molar refractivity (Wildman–Crippen MR) is 102 cm³/mol. The summed E-state index contributed by atoms with van der Waals surface area (Å²) in [6.07, 6.45) is 4.14. The van der Waals surface area contributed by atoms with Gasteiger partial charge in [-0.3, -0.25) is 0 Å². The van der Waals surface area contributed by atoms with Crippen molar-refractivity contribution in [1.82, 2.24) is 0 Å². The minimum atomic E-state index is -0.817. The van der Waals surface area contributed by atoms with E-state index in [1.165, 1.54) is 5.56 Å². The molecule has 0 saturated heterocycles. The second kappa shape index (κ2) is 10.6. The maximum Gasteiger partial charge on any atom is 0.138 e. The van der Waals surface area contributed by atoms with Crippen LogP contribution < -0.4 is 0 Å². The molecule has 0 spiro atoms. The van der Waals surface area contributed by atoms with E-state index in [4.69, 9.17) is 4.42 Å². The second-order valence-electron chi connectivity index (χ2n) is 4.66. The molecule has 1 aromatic heterocycles. The first-order chi connectivity index (χ1) is 11.1. The molecular formula is C21H30O2. The molecule has 0 saturated carbocycles. The number of furan rings is 1. The van der Waals surface area contributed by atoms with Gasteiger partial charge in [-0.1, -0.05) is 70.7 Å². The summed E-state index contributed by atoms with van der Waals surface area (Å²) in [5.41, 5.74) is 3.74. The van der Waals surface area contributed by atoms with Crippen LogP contribution in [0.1, 0.15) is 50.7 Å². The first kappa shape index (κ1) is 20.9. The summed E-state index contributed by atoms with van der Waals surface area (Å²) >= 11 is 0. The Morgan fingerprint density at radius 1 is 1.09 bits per heavy atom. The first-order valence-electron chi connectivity index (χ1n) is 8.20. The van der Waals surface area contributed by atoms with Gasteiger partial charge in [-0.05, 0) is 37.1 Å². The Morgan fingerprint density at radius 2 is 1.70 bits per heavy atom. The standard InChI is InChI=1S/C17H18O2.2C2H6/c1-5-7-13(6-2)16(18)15-10-14-9-11(3)8-12(4)17(14)19-15;2*1-2/h5-10,16,18H,1-2H2,3-4H3;2*1-2H3/b13-7+;;. The third-order valence-electron chi connectivity index (χ3n) is 3.10. The number of hydrogen-bond acceptors (Lipinski definition) is 2. The van der Waals surface area contributed by atoms with Crippen molar-refractivity contribution in [3.05, 3.63) is 72.0 Å². The highest BCUT2D eigenvalue weighted by Crippen LogP contribution is 2.30. The molecule has 0 radical (unpaired) electrons. The average Bonchev–Trinajstić information content (AvgIpc) is 3.00. The van der Waals surface area contributed by atoms with Gasteiger partial charge in [0, 0.05) is 5.39 Å². The van der Waals surface area contributed by atoms with E-state index in [-0.39, 0.29) is 0 Å². The molecule has 0 amide bonds. The van der Waals surface area contributed by atoms with Gasteiger partial charge in [0.05, 0.1) is 0 Å². The minimum absolute atomic E-state index is 0.525. The van der Waals surface area contributed by atoms with Gasteiger partial charge in [-0.25, -0.2) is 0 Å². The summed E-state index contributed by atoms with van der Waals surface area (Å²) < 4.78 is 5.77. The van der Waals surface area contributed by atoms with Gasteiger partial charge in [0.25, 0.3) is 0 Å². The van der Waals surface area contributed by atoms with E-state index < -0.39 is 6.10 Å². The van der Waals surface area contributed by atoms with Gasteiger partial charge >= 0.3 is 0 Å². The number of benzene rings is 1. The Hall–Kier alpha value is -2.06. The van der Waals surface area contributed by atoms with Gasteiger partial charge < -0.3 is 9.52 Å². The molecule has 0 bridgehead atoms. The quantitative estimate of drug-likeness (QED) is 0.659. The Balaban J connectivity index is 0.00000112. The van der Waals surface area contributed by atoms with E-state index in [1.54, 1.807) is 18.2 Å². The van der Waals surface area contributed by atoms with Crippen LogP contribution in [0, 0.1) is 13.8 Å². The smallest absolute Gasteiger partial charge is 0.138 e. The highest BCUT2D eigenvalue weighted by Gasteiger charge is 2.16. The molecule has 1 N–H and O–H groups in total. The Labute approximate surface area is 140 Å². The van der Waals surface area contributed by atoms with Crippen LogP contribution in [0.2, 0.25) is 0 Å². The number of aliphatic hydroxyl groups excluding tert-OH is 1. The van der Waals surface area contributed by atoms with Gasteiger partial charge in [0.15, 0.2) is 0 Å². The van der Waals surface area contributed by atoms with E-state index >= 15 is 0 Å². The molecule has 0 fully saturated rings. The van der Waals surface area contributed by atoms with E-state index in [0.29, 0.717) is 11.3 Å². The van der Waals surface area contributed by atoms with Crippen LogP contribution in [0.25, 0.3) is 11.0 Å². The molecular weight excluding hydrogens is 284 g/mol. The number of aryl methyl sites for hydroxylation is 2. The van der Waals surface area contributed by atoms with Gasteiger partial charge in [0.2, 0.25) is 0 Å². The first-order valence-corrected chi connectivity index (χ1v) is 8.20. The summed E-state index contributed by atoms with van der Waals surface area (Å²) in [7, 11) is 0. The Kier molecular flexibility index (Phi) is 9.68. The van der Waals surface area contributed by atoms with E-state index in [0.717, 1.165) is 16.5 Å². The maximum atomic E-state index is 10.3. The zero-order valence-electron chi connectivity index (χ0n) is 15.3. The molecule has 0 aliphatic heterocycles. The SMILES string of the molecule is C=C/C=C(\C=C)C(O)c1cc2cc(C)cc(C)c2o1.CC.CC. The molecule has 1 heterocycles. The van der Waals surface area contributed by atoms with Crippen LogP contribution in [0.15, 0.2) is 59.6 Å². The summed E-state index contributed by atoms with van der Waals surface area (Å²) in [4.78, 5) is 0. The molecule has 1 unspecified atom stereocenters. The minimum Gasteiger partial charge on any atom is -0.458 e. The van der Waals surface area contributed by atoms with Crippen molar-refractivity contribution in [3.63, 3.8) is 0 Å². The molecule has 1 aromatic carbocycles. The zero-order chi connectivity index (χ0) is 18.0. The van der Waals surface area contributed by atoms with Crippen LogP contribution in [0.5, 0.6) is 0 Å². The summed E-state index contributed by atoms with van der Waals surface area (Å²) in [6.45, 7) is 19.4. The highest BCUT2D eigenvalue weighted by atomic mass is 16.4. The third kappa shape index (κ3) is 5.26. The van der Waals surface area contributed by atoms with E-state index in [1.807, 2.05) is 53.7 Å². The number of fused-ring (bicyclic) bond motifs is 1. The largest absolute Gasteiger partial charge is 0.458 e. The molecule has 126 valence electrons. The fraction of sp³-hybridized carbons (Fsp3) is 0.333. The van der Waals surface area contributed by atoms with Crippen molar-refractivity contribution in [2.75, 3.05) is 0 Å². The predicted octanol–water partition coefficient (Wildman–Crippen LogP) is 6.43. The zero-order valence-corrected chi connectivity index (χ0v) is 15.3. The lowest BCUT2D eigenvalue weighted by Crippen LogP contribution is -1.97. The van der Waals surface area contributed by atoms with E-state index in [2.05, 4.69) is 19.2 Å². The van der Waals surface area contributed by atoms with Crippen LogP contribution in [-0.4, -0.2) is 5.11 Å². The topological polar surface area (TPSA) is 33.4 Å². The Morgan fingerprint density at radius 3 is 2.22 bits per heavy atom. The number of allylic oxidation sites excluding steroid dienone is 2. The van der Waals surface area contributed by atoms with Crippen LogP contribution in [0.4, 0.5) is 0 Å². The van der Waals surface area contributed by atoms with Crippen molar-refractivity contribution < 1.29 is 9.52 Å². The monoisotopic (exact) mass is 314 g/mol. The Bertz CT molecular complexity index is 660. The van der Waals surface area contributed by atoms with Gasteiger partial charge in [-0.15, -0.1) is 0 Å². The van der Waals surface area contributed by atoms with E-state index in [9.17, 15) is 5.11 Å². The fourth-order valence-corrected chi connectivity index (χ4v) is 2.24. The van der Waals surface area contributed by atoms with Crippen LogP contribution >= 0.6 is 0 Å². The summed E-state index contributed by atoms with van der Waals surface area (Å²) in [5, 5.41) is 11.3. The van der Waals surface area contributed by atoms with Crippen molar-refractivity contribution in [2.45, 2.75) is 47.6 Å². The average molecular weight is 314 g/mol. The molecule has 2 rings (SSSR count). The number of aliphatic hydroxyl groups is 1. The lowest BCUT2D eigenvalue weighted by atomic mass is 10.1. The maximum absolute atomic E-state index is 10.3. The normalized spacial score (nSPS) is 11.7. The van der Waals surface area contributed by atoms with Crippen LogP contribution in [0.3, 0.4) is 0 Å². The van der Waals surface area contributed by atoms with Crippen molar-refractivity contribution in [2.24, 2.45) is 0 Å². The molecule has 0 aliphatic rings. The second-order valence-corrected chi connectivity index (χ2v) is 4.66. The van der Waals surface area contributed by atoms with Gasteiger partial charge in [-0.2, -0.15) is 0 Å². The fourth-order valence-electron chi connectivity index (χ4n) is 2.24. The summed E-state index contributed by atoms with van der Waals surface area (Å²) in [5.74, 6) is 0.525. The lowest BCUT2D eigenvalue weighted by molar-refractivity contribution is 0.191. The van der Waals surface area contributed by atoms with Crippen molar-refractivity contribution in [3.8, 4) is 0 Å². The van der Waals surface area contributed by atoms with Gasteiger partial charge in [0.1, 0.15) is 17.4 Å². The van der Waals surface area contributed by atoms with Crippen molar-refractivity contribution in [1.29, 1.82) is 0 Å². The number of hydrogen-bond donors (Lipinski definition) is 1. The third-order valence-corrected chi connectivity index (χ3v) is 3.10. The highest BCUT2D eigenvalue weighted by molar-refractivity contribution is 5.82. The molecule has 1 atom stereocenters. The van der Waals surface area contributed by atoms with Crippen molar-refractivity contribution >= 4 is 11.0 Å². The van der Waals surface area contributed by atoms with Crippen LogP contribution in [-0.2, 0) is 0 Å². The molecule has 2 aromatic rings. The summed E-state index contributed by atoms with van der Waals surface area (Å²) in [6, 6.07) is 5.99. The molecule has 23 heavy (non-hydrogen) atoms. The molecule has 0 aliphatic carbocycles. The lowest BCUT2D eigenvalue weighted by Gasteiger charge is -2.07. The number of rotatable bonds is 4. The molecule has 2 nitrogen and oxygen atoms in total. The molecule has 2 heteroatoms.